The second kappa shape index (κ2) is 3.27. The summed E-state index contributed by atoms with van der Waals surface area (Å²) in [5.41, 5.74) is 0. The van der Waals surface area contributed by atoms with Gasteiger partial charge in [-0.25, -0.2) is 0 Å². The van der Waals surface area contributed by atoms with E-state index in [9.17, 15) is 8.76 Å². The van der Waals surface area contributed by atoms with E-state index in [0.717, 1.165) is 9.75 Å². The van der Waals surface area contributed by atoms with E-state index in [-0.39, 0.29) is 5.75 Å². The van der Waals surface area contributed by atoms with Gasteiger partial charge in [0.2, 0.25) is 0 Å². The second-order valence-corrected chi connectivity index (χ2v) is 4.23. The Balaban J connectivity index is 2.67. The molecule has 1 unspecified atom stereocenters. The van der Waals surface area contributed by atoms with Crippen LogP contribution in [0.4, 0.5) is 0 Å². The minimum absolute atomic E-state index is 0.151. The molecule has 0 saturated heterocycles. The van der Waals surface area contributed by atoms with Crippen LogP contribution in [0.25, 0.3) is 0 Å². The van der Waals surface area contributed by atoms with Crippen molar-refractivity contribution in [3.63, 3.8) is 0 Å². The molecule has 0 fully saturated rings. The Morgan fingerprint density at radius 2 is 2.40 bits per heavy atom. The highest BCUT2D eigenvalue weighted by atomic mass is 32.2. The quantitative estimate of drug-likeness (QED) is 0.638. The minimum atomic E-state index is -1.94. The van der Waals surface area contributed by atoms with Crippen molar-refractivity contribution in [1.82, 2.24) is 0 Å². The fourth-order valence-corrected chi connectivity index (χ4v) is 2.22. The van der Waals surface area contributed by atoms with Crippen molar-refractivity contribution in [2.75, 3.05) is 0 Å². The standard InChI is InChI=1S/C6H8O2S2/c1-5-2-3-6(9-5)4-10(7)8/h2-3H,4H2,1H3,(H,7,8)/p-1. The van der Waals surface area contributed by atoms with Crippen molar-refractivity contribution < 1.29 is 8.76 Å². The first-order valence-corrected chi connectivity index (χ1v) is 4.86. The minimum Gasteiger partial charge on any atom is -0.772 e. The average Bonchev–Trinajstić information content (AvgIpc) is 2.13. The van der Waals surface area contributed by atoms with Gasteiger partial charge in [-0.2, -0.15) is 0 Å². The van der Waals surface area contributed by atoms with Crippen molar-refractivity contribution >= 4 is 22.4 Å². The van der Waals surface area contributed by atoms with Crippen molar-refractivity contribution in [3.05, 3.63) is 21.9 Å². The van der Waals surface area contributed by atoms with Crippen molar-refractivity contribution in [2.45, 2.75) is 12.7 Å². The predicted molar refractivity (Wildman–Crippen MR) is 41.7 cm³/mol. The van der Waals surface area contributed by atoms with E-state index in [2.05, 4.69) is 0 Å². The first-order chi connectivity index (χ1) is 4.68. The third-order valence-electron chi connectivity index (χ3n) is 1.06. The first kappa shape index (κ1) is 7.91. The molecule has 4 heteroatoms. The number of thiophene rings is 1. The summed E-state index contributed by atoms with van der Waals surface area (Å²) in [6.07, 6.45) is 0. The van der Waals surface area contributed by atoms with Gasteiger partial charge < -0.3 is 4.55 Å². The molecule has 1 aromatic heterocycles. The number of aryl methyl sites for hydroxylation is 1. The molecule has 0 saturated carbocycles. The maximum absolute atomic E-state index is 10.2. The number of rotatable bonds is 2. The maximum Gasteiger partial charge on any atom is 0.0447 e. The van der Waals surface area contributed by atoms with Gasteiger partial charge in [0.05, 0.1) is 0 Å². The van der Waals surface area contributed by atoms with Gasteiger partial charge in [-0.05, 0) is 30.1 Å². The van der Waals surface area contributed by atoms with Crippen LogP contribution in [0.15, 0.2) is 12.1 Å². The molecular formula is C6H7O2S2-. The van der Waals surface area contributed by atoms with E-state index in [4.69, 9.17) is 0 Å². The topological polar surface area (TPSA) is 40.1 Å². The molecule has 10 heavy (non-hydrogen) atoms. The lowest BCUT2D eigenvalue weighted by atomic mass is 10.5. The Kier molecular flexibility index (Phi) is 2.59. The van der Waals surface area contributed by atoms with Gasteiger partial charge >= 0.3 is 0 Å². The smallest absolute Gasteiger partial charge is 0.0447 e. The largest absolute Gasteiger partial charge is 0.772 e. The third kappa shape index (κ3) is 2.21. The lowest BCUT2D eigenvalue weighted by Gasteiger charge is -1.99. The van der Waals surface area contributed by atoms with Gasteiger partial charge in [-0.1, -0.05) is 0 Å². The van der Waals surface area contributed by atoms with Crippen LogP contribution < -0.4 is 0 Å². The Bertz CT molecular complexity index is 242. The number of hydrogen-bond acceptors (Lipinski definition) is 3. The maximum atomic E-state index is 10.2. The summed E-state index contributed by atoms with van der Waals surface area (Å²) in [4.78, 5) is 2.06. The van der Waals surface area contributed by atoms with Crippen molar-refractivity contribution in [3.8, 4) is 0 Å². The predicted octanol–water partition coefficient (Wildman–Crippen LogP) is 1.44. The van der Waals surface area contributed by atoms with E-state index in [1.165, 1.54) is 11.3 Å². The number of hydrogen-bond donors (Lipinski definition) is 0. The summed E-state index contributed by atoms with van der Waals surface area (Å²) >= 11 is -0.420. The molecular weight excluding hydrogens is 168 g/mol. The van der Waals surface area contributed by atoms with Crippen LogP contribution in [-0.2, 0) is 16.8 Å². The molecule has 0 amide bonds. The SMILES string of the molecule is Cc1ccc(CS(=O)[O-])s1. The highest BCUT2D eigenvalue weighted by Crippen LogP contribution is 2.15. The molecule has 1 aromatic rings. The van der Waals surface area contributed by atoms with Crippen LogP contribution in [0, 0.1) is 6.92 Å². The third-order valence-corrected chi connectivity index (χ3v) is 2.79. The highest BCUT2D eigenvalue weighted by Gasteiger charge is 1.94. The molecule has 0 aliphatic carbocycles. The summed E-state index contributed by atoms with van der Waals surface area (Å²) in [6.45, 7) is 1.96. The molecule has 0 spiro atoms. The summed E-state index contributed by atoms with van der Waals surface area (Å²) in [6, 6.07) is 3.77. The summed E-state index contributed by atoms with van der Waals surface area (Å²) in [5.74, 6) is 0.151. The van der Waals surface area contributed by atoms with Gasteiger partial charge in [0.1, 0.15) is 0 Å². The Labute approximate surface area is 66.2 Å². The summed E-state index contributed by atoms with van der Waals surface area (Å²) < 4.78 is 20.4. The zero-order valence-electron chi connectivity index (χ0n) is 5.49. The molecule has 2 nitrogen and oxygen atoms in total. The lowest BCUT2D eigenvalue weighted by Crippen LogP contribution is -1.88. The molecule has 0 aliphatic heterocycles. The van der Waals surface area contributed by atoms with Crippen molar-refractivity contribution in [2.24, 2.45) is 0 Å². The van der Waals surface area contributed by atoms with Crippen molar-refractivity contribution in [1.29, 1.82) is 0 Å². The average molecular weight is 175 g/mol. The van der Waals surface area contributed by atoms with Crippen LogP contribution in [0.3, 0.4) is 0 Å². The van der Waals surface area contributed by atoms with Crippen LogP contribution in [0.2, 0.25) is 0 Å². The van der Waals surface area contributed by atoms with Gasteiger partial charge in [0.25, 0.3) is 0 Å². The molecule has 56 valence electrons. The van der Waals surface area contributed by atoms with E-state index >= 15 is 0 Å². The van der Waals surface area contributed by atoms with E-state index in [1.54, 1.807) is 0 Å². The summed E-state index contributed by atoms with van der Waals surface area (Å²) in [5, 5.41) is 0. The first-order valence-electron chi connectivity index (χ1n) is 2.79. The molecule has 0 N–H and O–H groups in total. The zero-order valence-corrected chi connectivity index (χ0v) is 7.13. The summed E-state index contributed by atoms with van der Waals surface area (Å²) in [7, 11) is 0. The second-order valence-electron chi connectivity index (χ2n) is 1.96. The van der Waals surface area contributed by atoms with E-state index in [0.29, 0.717) is 0 Å². The lowest BCUT2D eigenvalue weighted by molar-refractivity contribution is 0.536. The molecule has 1 atom stereocenters. The van der Waals surface area contributed by atoms with Gasteiger partial charge in [-0.3, -0.25) is 4.21 Å². The molecule has 0 aliphatic rings. The molecule has 0 bridgehead atoms. The Morgan fingerprint density at radius 3 is 2.80 bits per heavy atom. The molecule has 1 heterocycles. The van der Waals surface area contributed by atoms with Crippen LogP contribution in [-0.4, -0.2) is 8.76 Å². The van der Waals surface area contributed by atoms with Gasteiger partial charge in [0, 0.05) is 15.5 Å². The van der Waals surface area contributed by atoms with Crippen LogP contribution in [0.1, 0.15) is 9.75 Å². The van der Waals surface area contributed by atoms with Gasteiger partial charge in [0.15, 0.2) is 0 Å². The molecule has 1 rings (SSSR count). The van der Waals surface area contributed by atoms with E-state index < -0.39 is 11.1 Å². The monoisotopic (exact) mass is 175 g/mol. The Hall–Kier alpha value is -0.190. The van der Waals surface area contributed by atoms with Crippen LogP contribution in [0.5, 0.6) is 0 Å². The Morgan fingerprint density at radius 1 is 1.70 bits per heavy atom. The van der Waals surface area contributed by atoms with Gasteiger partial charge in [-0.15, -0.1) is 11.3 Å². The normalized spacial score (nSPS) is 13.4. The zero-order chi connectivity index (χ0) is 7.56. The fraction of sp³-hybridized carbons (Fsp3) is 0.333. The fourth-order valence-electron chi connectivity index (χ4n) is 0.679. The molecule has 0 aromatic carbocycles. The highest BCUT2D eigenvalue weighted by molar-refractivity contribution is 7.78. The van der Waals surface area contributed by atoms with Crippen LogP contribution >= 0.6 is 11.3 Å². The van der Waals surface area contributed by atoms with E-state index in [1.807, 2.05) is 19.1 Å². The molecule has 0 radical (unpaired) electrons.